The first kappa shape index (κ1) is 13.3. The fourth-order valence-electron chi connectivity index (χ4n) is 3.37. The summed E-state index contributed by atoms with van der Waals surface area (Å²) in [5.41, 5.74) is 5.71. The smallest absolute Gasteiger partial charge is 0.0612 e. The predicted octanol–water partition coefficient (Wildman–Crippen LogP) is 2.21. The quantitative estimate of drug-likeness (QED) is 0.793. The summed E-state index contributed by atoms with van der Waals surface area (Å²) in [5, 5.41) is 9.25. The molecule has 3 heteroatoms. The van der Waals surface area contributed by atoms with Crippen LogP contribution >= 0.6 is 0 Å². The maximum atomic E-state index is 9.25. The molecule has 0 heterocycles. The maximum Gasteiger partial charge on any atom is 0.0612 e. The van der Waals surface area contributed by atoms with Gasteiger partial charge in [0.15, 0.2) is 0 Å². The van der Waals surface area contributed by atoms with E-state index in [9.17, 15) is 5.11 Å². The van der Waals surface area contributed by atoms with E-state index in [4.69, 9.17) is 10.5 Å². The molecule has 0 aromatic carbocycles. The lowest BCUT2D eigenvalue weighted by atomic mass is 9.85. The van der Waals surface area contributed by atoms with Crippen LogP contribution in [-0.2, 0) is 4.74 Å². The van der Waals surface area contributed by atoms with E-state index < -0.39 is 0 Å². The number of ether oxygens (including phenoxy) is 1. The van der Waals surface area contributed by atoms with Crippen LogP contribution < -0.4 is 5.73 Å². The third-order valence-corrected chi connectivity index (χ3v) is 4.61. The Kier molecular flexibility index (Phi) is 4.45. The van der Waals surface area contributed by atoms with Gasteiger partial charge in [-0.15, -0.1) is 0 Å². The van der Waals surface area contributed by atoms with Crippen molar-refractivity contribution in [3.63, 3.8) is 0 Å². The summed E-state index contributed by atoms with van der Waals surface area (Å²) in [7, 11) is 0. The SMILES string of the molecule is CCC1CCCC(OC2CCC(N)(CO)C2)C1. The Balaban J connectivity index is 1.78. The highest BCUT2D eigenvalue weighted by atomic mass is 16.5. The van der Waals surface area contributed by atoms with Gasteiger partial charge in [-0.2, -0.15) is 0 Å². The largest absolute Gasteiger partial charge is 0.394 e. The summed E-state index contributed by atoms with van der Waals surface area (Å²) in [4.78, 5) is 0. The second kappa shape index (κ2) is 5.68. The second-order valence-electron chi connectivity index (χ2n) is 6.08. The van der Waals surface area contributed by atoms with Crippen LogP contribution in [0.2, 0.25) is 0 Å². The molecule has 0 aliphatic heterocycles. The topological polar surface area (TPSA) is 55.5 Å². The van der Waals surface area contributed by atoms with Crippen molar-refractivity contribution in [2.75, 3.05) is 6.61 Å². The van der Waals surface area contributed by atoms with Crippen molar-refractivity contribution in [1.29, 1.82) is 0 Å². The lowest BCUT2D eigenvalue weighted by Gasteiger charge is -2.31. The molecule has 100 valence electrons. The minimum Gasteiger partial charge on any atom is -0.394 e. The number of hydrogen-bond acceptors (Lipinski definition) is 3. The summed E-state index contributed by atoms with van der Waals surface area (Å²) < 4.78 is 6.19. The molecule has 2 rings (SSSR count). The second-order valence-corrected chi connectivity index (χ2v) is 6.08. The van der Waals surface area contributed by atoms with Crippen LogP contribution in [0.15, 0.2) is 0 Å². The zero-order chi connectivity index (χ0) is 12.3. The van der Waals surface area contributed by atoms with Crippen molar-refractivity contribution in [1.82, 2.24) is 0 Å². The Labute approximate surface area is 105 Å². The Morgan fingerprint density at radius 3 is 2.76 bits per heavy atom. The average molecular weight is 241 g/mol. The first-order valence-corrected chi connectivity index (χ1v) is 7.20. The van der Waals surface area contributed by atoms with Crippen LogP contribution in [0.25, 0.3) is 0 Å². The fraction of sp³-hybridized carbons (Fsp3) is 1.00. The van der Waals surface area contributed by atoms with Gasteiger partial charge in [0.1, 0.15) is 0 Å². The van der Waals surface area contributed by atoms with Crippen molar-refractivity contribution >= 4 is 0 Å². The van der Waals surface area contributed by atoms with E-state index >= 15 is 0 Å². The highest BCUT2D eigenvalue weighted by Gasteiger charge is 2.37. The van der Waals surface area contributed by atoms with Crippen LogP contribution in [0.4, 0.5) is 0 Å². The lowest BCUT2D eigenvalue weighted by Crippen LogP contribution is -2.41. The van der Waals surface area contributed by atoms with Crippen molar-refractivity contribution in [3.05, 3.63) is 0 Å². The third-order valence-electron chi connectivity index (χ3n) is 4.61. The van der Waals surface area contributed by atoms with E-state index in [1.165, 1.54) is 32.1 Å². The molecular formula is C14H27NO2. The molecule has 0 aromatic rings. The van der Waals surface area contributed by atoms with E-state index in [0.717, 1.165) is 25.2 Å². The van der Waals surface area contributed by atoms with Crippen molar-refractivity contribution in [2.24, 2.45) is 11.7 Å². The molecule has 4 unspecified atom stereocenters. The highest BCUT2D eigenvalue weighted by molar-refractivity contribution is 4.94. The maximum absolute atomic E-state index is 9.25. The molecule has 17 heavy (non-hydrogen) atoms. The molecule has 0 radical (unpaired) electrons. The molecule has 3 nitrogen and oxygen atoms in total. The number of nitrogens with two attached hydrogens (primary N) is 1. The van der Waals surface area contributed by atoms with E-state index in [-0.39, 0.29) is 18.2 Å². The summed E-state index contributed by atoms with van der Waals surface area (Å²) in [6.07, 6.45) is 9.88. The van der Waals surface area contributed by atoms with E-state index in [0.29, 0.717) is 6.10 Å². The van der Waals surface area contributed by atoms with Crippen LogP contribution in [0.1, 0.15) is 58.3 Å². The van der Waals surface area contributed by atoms with Crippen molar-refractivity contribution < 1.29 is 9.84 Å². The van der Waals surface area contributed by atoms with E-state index in [1.807, 2.05) is 0 Å². The molecule has 0 aromatic heterocycles. The van der Waals surface area contributed by atoms with Gasteiger partial charge >= 0.3 is 0 Å². The minimum atomic E-state index is -0.372. The van der Waals surface area contributed by atoms with Crippen molar-refractivity contribution in [3.8, 4) is 0 Å². The molecule has 3 N–H and O–H groups in total. The fourth-order valence-corrected chi connectivity index (χ4v) is 3.37. The zero-order valence-corrected chi connectivity index (χ0v) is 11.0. The van der Waals surface area contributed by atoms with Gasteiger partial charge in [-0.05, 0) is 38.0 Å². The molecule has 0 amide bonds. The number of aliphatic hydroxyl groups excluding tert-OH is 1. The first-order valence-electron chi connectivity index (χ1n) is 7.20. The number of aliphatic hydroxyl groups is 1. The lowest BCUT2D eigenvalue weighted by molar-refractivity contribution is -0.0403. The van der Waals surface area contributed by atoms with E-state index in [2.05, 4.69) is 6.92 Å². The summed E-state index contributed by atoms with van der Waals surface area (Å²) in [6.45, 7) is 2.37. The van der Waals surface area contributed by atoms with Gasteiger partial charge in [0, 0.05) is 5.54 Å². The van der Waals surface area contributed by atoms with Crippen LogP contribution in [0.5, 0.6) is 0 Å². The predicted molar refractivity (Wildman–Crippen MR) is 68.8 cm³/mol. The Morgan fingerprint density at radius 2 is 2.12 bits per heavy atom. The normalized spacial score (nSPS) is 42.9. The highest BCUT2D eigenvalue weighted by Crippen LogP contribution is 2.34. The van der Waals surface area contributed by atoms with Crippen LogP contribution in [-0.4, -0.2) is 29.5 Å². The summed E-state index contributed by atoms with van der Waals surface area (Å²) in [6, 6.07) is 0. The van der Waals surface area contributed by atoms with E-state index in [1.54, 1.807) is 0 Å². The summed E-state index contributed by atoms with van der Waals surface area (Å²) in [5.74, 6) is 0.857. The number of hydrogen-bond donors (Lipinski definition) is 2. The molecule has 0 spiro atoms. The Bertz CT molecular complexity index is 246. The molecule has 2 aliphatic carbocycles. The molecule has 2 aliphatic rings. The van der Waals surface area contributed by atoms with Crippen molar-refractivity contribution in [2.45, 2.75) is 76.0 Å². The molecule has 4 atom stereocenters. The molecule has 2 saturated carbocycles. The summed E-state index contributed by atoms with van der Waals surface area (Å²) >= 11 is 0. The number of rotatable bonds is 4. The third kappa shape index (κ3) is 3.43. The first-order chi connectivity index (χ1) is 8.15. The molecular weight excluding hydrogens is 214 g/mol. The van der Waals surface area contributed by atoms with Gasteiger partial charge in [0.2, 0.25) is 0 Å². The minimum absolute atomic E-state index is 0.0924. The van der Waals surface area contributed by atoms with Gasteiger partial charge in [-0.1, -0.05) is 26.2 Å². The van der Waals surface area contributed by atoms with Gasteiger partial charge in [0.25, 0.3) is 0 Å². The van der Waals surface area contributed by atoms with Gasteiger partial charge in [-0.25, -0.2) is 0 Å². The van der Waals surface area contributed by atoms with Gasteiger partial charge in [0.05, 0.1) is 18.8 Å². The average Bonchev–Trinajstić information content (AvgIpc) is 2.72. The van der Waals surface area contributed by atoms with Gasteiger partial charge in [-0.3, -0.25) is 0 Å². The van der Waals surface area contributed by atoms with Crippen LogP contribution in [0, 0.1) is 5.92 Å². The molecule has 2 fully saturated rings. The standard InChI is InChI=1S/C14H27NO2/c1-2-11-4-3-5-12(8-11)17-13-6-7-14(15,9-13)10-16/h11-13,16H,2-10,15H2,1H3. The Hall–Kier alpha value is -0.120. The zero-order valence-electron chi connectivity index (χ0n) is 11.0. The van der Waals surface area contributed by atoms with Crippen LogP contribution in [0.3, 0.4) is 0 Å². The molecule has 0 bridgehead atoms. The van der Waals surface area contributed by atoms with Gasteiger partial charge < -0.3 is 15.6 Å². The molecule has 0 saturated heterocycles. The Morgan fingerprint density at radius 1 is 1.29 bits per heavy atom. The monoisotopic (exact) mass is 241 g/mol.